The van der Waals surface area contributed by atoms with E-state index in [1.807, 2.05) is 55.4 Å². The van der Waals surface area contributed by atoms with E-state index in [-0.39, 0.29) is 12.2 Å². The second-order valence-electron chi connectivity index (χ2n) is 7.87. The predicted molar refractivity (Wildman–Crippen MR) is 121 cm³/mol. The summed E-state index contributed by atoms with van der Waals surface area (Å²) in [5.74, 6) is 0. The molecule has 0 radical (unpaired) electrons. The largest absolute Gasteiger partial charge is 0.422 e. The van der Waals surface area contributed by atoms with Gasteiger partial charge in [0.2, 0.25) is 5.52 Å². The first kappa shape index (κ1) is 18.6. The van der Waals surface area contributed by atoms with Gasteiger partial charge in [-0.15, -0.1) is 0 Å². The maximum atomic E-state index is 12.8. The van der Waals surface area contributed by atoms with Crippen LogP contribution in [0.15, 0.2) is 70.0 Å². The first-order valence-electron chi connectivity index (χ1n) is 10.1. The second-order valence-corrected chi connectivity index (χ2v) is 7.87. The Hall–Kier alpha value is -3.44. The molecule has 5 rings (SSSR count). The standard InChI is InChI=1S/C25H23N2O3/c1-26(2)17-8-9-19-21-14-20-16(12-22(21)25(29)30-24(19)13-17)15-27(10-5-11-28)23-7-4-3-6-18(20)23/h3-4,6-9,12-15,28H,5,10-11H2,1-2H3/q+1. The lowest BCUT2D eigenvalue weighted by Gasteiger charge is -2.13. The molecule has 0 saturated carbocycles. The Labute approximate surface area is 173 Å². The molecule has 5 nitrogen and oxygen atoms in total. The van der Waals surface area contributed by atoms with Crippen LogP contribution in [0.2, 0.25) is 0 Å². The highest BCUT2D eigenvalue weighted by atomic mass is 16.4. The number of aliphatic hydroxyl groups is 1. The third-order valence-corrected chi connectivity index (χ3v) is 5.74. The fourth-order valence-electron chi connectivity index (χ4n) is 4.21. The molecule has 30 heavy (non-hydrogen) atoms. The zero-order valence-corrected chi connectivity index (χ0v) is 17.1. The molecule has 0 fully saturated rings. The molecule has 150 valence electrons. The van der Waals surface area contributed by atoms with Crippen LogP contribution in [-0.2, 0) is 6.54 Å². The number of benzene rings is 3. The molecule has 5 aromatic rings. The van der Waals surface area contributed by atoms with Crippen molar-refractivity contribution in [2.24, 2.45) is 0 Å². The van der Waals surface area contributed by atoms with Crippen molar-refractivity contribution in [3.8, 4) is 0 Å². The molecule has 1 N–H and O–H groups in total. The third kappa shape index (κ3) is 2.90. The number of aliphatic hydroxyl groups excluding tert-OH is 1. The number of aryl methyl sites for hydroxylation is 1. The van der Waals surface area contributed by atoms with Gasteiger partial charge in [-0.1, -0.05) is 12.1 Å². The minimum atomic E-state index is -0.328. The van der Waals surface area contributed by atoms with Gasteiger partial charge in [0.15, 0.2) is 12.7 Å². The fourth-order valence-corrected chi connectivity index (χ4v) is 4.21. The molecule has 0 bridgehead atoms. The molecule has 0 aliphatic carbocycles. The molecule has 3 aromatic carbocycles. The first-order valence-corrected chi connectivity index (χ1v) is 10.1. The predicted octanol–water partition coefficient (Wildman–Crippen LogP) is 3.99. The average Bonchev–Trinajstić information content (AvgIpc) is 2.76. The molecule has 0 aliphatic rings. The molecule has 0 amide bonds. The summed E-state index contributed by atoms with van der Waals surface area (Å²) < 4.78 is 7.82. The first-order chi connectivity index (χ1) is 14.6. The maximum Gasteiger partial charge on any atom is 0.344 e. The summed E-state index contributed by atoms with van der Waals surface area (Å²) in [6, 6.07) is 18.3. The Bertz CT molecular complexity index is 1490. The number of nitrogens with zero attached hydrogens (tertiary/aromatic N) is 2. The summed E-state index contributed by atoms with van der Waals surface area (Å²) in [5, 5.41) is 14.9. The van der Waals surface area contributed by atoms with Gasteiger partial charge < -0.3 is 14.4 Å². The lowest BCUT2D eigenvalue weighted by atomic mass is 10.00. The lowest BCUT2D eigenvalue weighted by molar-refractivity contribution is -0.670. The zero-order valence-electron chi connectivity index (χ0n) is 17.1. The molecule has 0 saturated heterocycles. The van der Waals surface area contributed by atoms with Gasteiger partial charge in [0, 0.05) is 66.5 Å². The number of aromatic nitrogens is 1. The molecule has 0 unspecified atom stereocenters. The molecule has 0 spiro atoms. The average molecular weight is 399 g/mol. The van der Waals surface area contributed by atoms with Crippen LogP contribution in [0.3, 0.4) is 0 Å². The summed E-state index contributed by atoms with van der Waals surface area (Å²) in [5.41, 5.74) is 2.36. The highest BCUT2D eigenvalue weighted by Crippen LogP contribution is 2.31. The summed E-state index contributed by atoms with van der Waals surface area (Å²) in [6.07, 6.45) is 2.74. The Morgan fingerprint density at radius 2 is 1.77 bits per heavy atom. The number of fused-ring (bicyclic) bond motifs is 6. The van der Waals surface area contributed by atoms with Crippen LogP contribution in [0.5, 0.6) is 0 Å². The van der Waals surface area contributed by atoms with E-state index in [1.165, 1.54) is 0 Å². The Morgan fingerprint density at radius 3 is 2.57 bits per heavy atom. The van der Waals surface area contributed by atoms with Crippen LogP contribution in [0, 0.1) is 0 Å². The monoisotopic (exact) mass is 399 g/mol. The minimum absolute atomic E-state index is 0.140. The lowest BCUT2D eigenvalue weighted by Crippen LogP contribution is -2.34. The van der Waals surface area contributed by atoms with Crippen LogP contribution in [0.1, 0.15) is 6.42 Å². The third-order valence-electron chi connectivity index (χ3n) is 5.74. The van der Waals surface area contributed by atoms with Gasteiger partial charge in [-0.3, -0.25) is 0 Å². The number of anilines is 1. The summed E-state index contributed by atoms with van der Waals surface area (Å²) >= 11 is 0. The van der Waals surface area contributed by atoms with E-state index in [0.29, 0.717) is 23.9 Å². The molecular formula is C25H23N2O3+. The van der Waals surface area contributed by atoms with Crippen LogP contribution in [-0.4, -0.2) is 25.8 Å². The minimum Gasteiger partial charge on any atom is -0.422 e. The van der Waals surface area contributed by atoms with E-state index in [2.05, 4.69) is 29.0 Å². The number of pyridine rings is 1. The molecule has 2 aromatic heterocycles. The molecular weight excluding hydrogens is 376 g/mol. The quantitative estimate of drug-likeness (QED) is 0.215. The van der Waals surface area contributed by atoms with Gasteiger partial charge in [-0.25, -0.2) is 4.79 Å². The van der Waals surface area contributed by atoms with E-state index in [9.17, 15) is 9.90 Å². The van der Waals surface area contributed by atoms with Gasteiger partial charge in [0.25, 0.3) is 0 Å². The van der Waals surface area contributed by atoms with Gasteiger partial charge in [0.05, 0.1) is 10.8 Å². The number of hydrogen-bond acceptors (Lipinski definition) is 4. The highest BCUT2D eigenvalue weighted by molar-refractivity contribution is 6.15. The Kier molecular flexibility index (Phi) is 4.40. The van der Waals surface area contributed by atoms with Gasteiger partial charge in [-0.05, 0) is 30.3 Å². The van der Waals surface area contributed by atoms with Crippen LogP contribution >= 0.6 is 0 Å². The van der Waals surface area contributed by atoms with Crippen molar-refractivity contribution in [3.05, 3.63) is 71.2 Å². The number of rotatable bonds is 4. The van der Waals surface area contributed by atoms with Gasteiger partial charge in [0.1, 0.15) is 5.58 Å². The van der Waals surface area contributed by atoms with E-state index in [1.54, 1.807) is 0 Å². The fraction of sp³-hybridized carbons (Fsp3) is 0.200. The topological polar surface area (TPSA) is 57.6 Å². The van der Waals surface area contributed by atoms with Gasteiger partial charge >= 0.3 is 5.63 Å². The van der Waals surface area contributed by atoms with E-state index >= 15 is 0 Å². The van der Waals surface area contributed by atoms with Crippen LogP contribution < -0.4 is 15.1 Å². The van der Waals surface area contributed by atoms with Crippen molar-refractivity contribution >= 4 is 49.1 Å². The van der Waals surface area contributed by atoms with Crippen LogP contribution in [0.4, 0.5) is 5.69 Å². The SMILES string of the molecule is CN(C)c1ccc2c(c1)oc(=O)c1cc3c[n+](CCCO)c4ccccc4c3cc12. The van der Waals surface area contributed by atoms with E-state index in [4.69, 9.17) is 4.42 Å². The van der Waals surface area contributed by atoms with Crippen molar-refractivity contribution in [2.45, 2.75) is 13.0 Å². The normalized spacial score (nSPS) is 11.7. The van der Waals surface area contributed by atoms with E-state index in [0.717, 1.165) is 38.1 Å². The Morgan fingerprint density at radius 1 is 0.933 bits per heavy atom. The smallest absolute Gasteiger partial charge is 0.344 e. The molecule has 0 aliphatic heterocycles. The number of hydrogen-bond donors (Lipinski definition) is 1. The highest BCUT2D eigenvalue weighted by Gasteiger charge is 2.16. The molecule has 0 atom stereocenters. The van der Waals surface area contributed by atoms with Gasteiger partial charge in [-0.2, -0.15) is 4.57 Å². The van der Waals surface area contributed by atoms with Crippen molar-refractivity contribution in [3.63, 3.8) is 0 Å². The zero-order chi connectivity index (χ0) is 20.8. The molecule has 2 heterocycles. The summed E-state index contributed by atoms with van der Waals surface area (Å²) in [6.45, 7) is 0.853. The van der Waals surface area contributed by atoms with E-state index < -0.39 is 0 Å². The van der Waals surface area contributed by atoms with Crippen molar-refractivity contribution in [2.75, 3.05) is 25.6 Å². The van der Waals surface area contributed by atoms with Crippen molar-refractivity contribution in [1.82, 2.24) is 0 Å². The van der Waals surface area contributed by atoms with Crippen LogP contribution in [0.25, 0.3) is 43.4 Å². The second kappa shape index (κ2) is 7.11. The molecule has 5 heteroatoms. The maximum absolute atomic E-state index is 12.8. The summed E-state index contributed by atoms with van der Waals surface area (Å²) in [7, 11) is 3.93. The number of para-hydroxylation sites is 1. The van der Waals surface area contributed by atoms with Crippen molar-refractivity contribution in [1.29, 1.82) is 0 Å². The Balaban J connectivity index is 1.89. The van der Waals surface area contributed by atoms with Crippen molar-refractivity contribution < 1.29 is 14.1 Å². The summed E-state index contributed by atoms with van der Waals surface area (Å²) in [4.78, 5) is 14.8.